The average Bonchev–Trinajstić information content (AvgIpc) is 3.44. The number of fused-ring (bicyclic) bond motifs is 1. The number of aromatic nitrogens is 2. The summed E-state index contributed by atoms with van der Waals surface area (Å²) >= 11 is 0. The number of hydrogen-bond donors (Lipinski definition) is 3. The van der Waals surface area contributed by atoms with Crippen LogP contribution in [0.3, 0.4) is 0 Å². The summed E-state index contributed by atoms with van der Waals surface area (Å²) in [6, 6.07) is 21.1. The number of imidazole rings is 1. The van der Waals surface area contributed by atoms with Crippen molar-refractivity contribution in [1.82, 2.24) is 30.4 Å². The van der Waals surface area contributed by atoms with Crippen LogP contribution in [0.4, 0.5) is 0 Å². The highest BCUT2D eigenvalue weighted by Crippen LogP contribution is 2.24. The Labute approximate surface area is 262 Å². The molecule has 2 amide bonds. The van der Waals surface area contributed by atoms with Crippen LogP contribution in [0.25, 0.3) is 10.8 Å². The number of nitrogens with one attached hydrogen (secondary N) is 3. The van der Waals surface area contributed by atoms with Gasteiger partial charge in [0.2, 0.25) is 5.91 Å². The highest BCUT2D eigenvalue weighted by molar-refractivity contribution is 5.97. The lowest BCUT2D eigenvalue weighted by molar-refractivity contribution is -0.123. The molecule has 0 fully saturated rings. The summed E-state index contributed by atoms with van der Waals surface area (Å²) < 4.78 is 1.99. The smallest absolute Gasteiger partial charge is 0.251 e. The van der Waals surface area contributed by atoms with E-state index >= 15 is 0 Å². The third-order valence-electron chi connectivity index (χ3n) is 8.07. The summed E-state index contributed by atoms with van der Waals surface area (Å²) in [4.78, 5) is 33.9. The van der Waals surface area contributed by atoms with Gasteiger partial charge in [-0.2, -0.15) is 0 Å². The van der Waals surface area contributed by atoms with E-state index < -0.39 is 6.04 Å². The van der Waals surface area contributed by atoms with Gasteiger partial charge in [0.15, 0.2) is 0 Å². The van der Waals surface area contributed by atoms with Crippen LogP contribution >= 0.6 is 0 Å². The molecule has 44 heavy (non-hydrogen) atoms. The minimum atomic E-state index is -0.635. The van der Waals surface area contributed by atoms with Crippen LogP contribution in [0, 0.1) is 0 Å². The van der Waals surface area contributed by atoms with Gasteiger partial charge in [0.25, 0.3) is 5.91 Å². The first kappa shape index (κ1) is 32.9. The van der Waals surface area contributed by atoms with Crippen LogP contribution in [0.1, 0.15) is 79.8 Å². The van der Waals surface area contributed by atoms with E-state index in [0.29, 0.717) is 25.1 Å². The Hall–Kier alpha value is -4.01. The Balaban J connectivity index is 1.41. The lowest BCUT2D eigenvalue weighted by atomic mass is 9.99. The summed E-state index contributed by atoms with van der Waals surface area (Å²) in [6.45, 7) is 10.7. The van der Waals surface area contributed by atoms with E-state index in [1.807, 2.05) is 67.2 Å². The topological polar surface area (TPSA) is 91.3 Å². The SMILES string of the molecule is CCCN(CCC)CCC[C@H](NC(=O)c1ccc(CNCc2nccn2C)cc1)C(=O)N[C@@H](C)c1cccc2ccccc12. The maximum absolute atomic E-state index is 13.7. The minimum Gasteiger partial charge on any atom is -0.348 e. The second kappa shape index (κ2) is 16.7. The molecule has 1 aromatic heterocycles. The number of nitrogens with zero attached hydrogens (tertiary/aromatic N) is 3. The summed E-state index contributed by atoms with van der Waals surface area (Å²) in [5.74, 6) is 0.563. The second-order valence-electron chi connectivity index (χ2n) is 11.6. The van der Waals surface area contributed by atoms with Crippen LogP contribution in [-0.4, -0.2) is 51.9 Å². The van der Waals surface area contributed by atoms with Gasteiger partial charge in [-0.1, -0.05) is 68.4 Å². The molecule has 0 bridgehead atoms. The van der Waals surface area contributed by atoms with Crippen molar-refractivity contribution in [1.29, 1.82) is 0 Å². The predicted molar refractivity (Wildman–Crippen MR) is 178 cm³/mol. The number of hydrogen-bond acceptors (Lipinski definition) is 5. The summed E-state index contributed by atoms with van der Waals surface area (Å²) in [7, 11) is 1.97. The third kappa shape index (κ3) is 9.24. The Kier molecular flexibility index (Phi) is 12.5. The Morgan fingerprint density at radius 1 is 0.886 bits per heavy atom. The van der Waals surface area contributed by atoms with Gasteiger partial charge in [0, 0.05) is 31.5 Å². The van der Waals surface area contributed by atoms with Crippen LogP contribution in [0.2, 0.25) is 0 Å². The fraction of sp³-hybridized carbons (Fsp3) is 0.417. The Morgan fingerprint density at radius 3 is 2.32 bits per heavy atom. The molecule has 0 spiro atoms. The number of amides is 2. The molecule has 0 saturated carbocycles. The van der Waals surface area contributed by atoms with Crippen molar-refractivity contribution in [2.24, 2.45) is 7.05 Å². The molecule has 3 N–H and O–H groups in total. The molecular weight excluding hydrogens is 548 g/mol. The van der Waals surface area contributed by atoms with Gasteiger partial charge in [-0.15, -0.1) is 0 Å². The highest BCUT2D eigenvalue weighted by Gasteiger charge is 2.24. The van der Waals surface area contributed by atoms with Gasteiger partial charge >= 0.3 is 0 Å². The van der Waals surface area contributed by atoms with Crippen LogP contribution in [0.15, 0.2) is 79.1 Å². The molecule has 8 heteroatoms. The lowest BCUT2D eigenvalue weighted by Crippen LogP contribution is -2.47. The van der Waals surface area contributed by atoms with Gasteiger partial charge in [-0.05, 0) is 86.3 Å². The zero-order chi connectivity index (χ0) is 31.3. The number of carbonyl (C=O) groups excluding carboxylic acids is 2. The summed E-state index contributed by atoms with van der Waals surface area (Å²) in [6.07, 6.45) is 7.29. The first-order valence-corrected chi connectivity index (χ1v) is 16.0. The van der Waals surface area contributed by atoms with Crippen molar-refractivity contribution in [3.63, 3.8) is 0 Å². The van der Waals surface area contributed by atoms with E-state index in [9.17, 15) is 9.59 Å². The fourth-order valence-corrected chi connectivity index (χ4v) is 5.68. The van der Waals surface area contributed by atoms with E-state index in [2.05, 4.69) is 63.9 Å². The molecule has 0 aliphatic heterocycles. The van der Waals surface area contributed by atoms with Crippen molar-refractivity contribution in [3.8, 4) is 0 Å². The predicted octanol–water partition coefficient (Wildman–Crippen LogP) is 5.74. The minimum absolute atomic E-state index is 0.161. The molecule has 8 nitrogen and oxygen atoms in total. The monoisotopic (exact) mass is 596 g/mol. The van der Waals surface area contributed by atoms with Crippen molar-refractivity contribution in [3.05, 3.63) is 102 Å². The quantitative estimate of drug-likeness (QED) is 0.145. The molecule has 0 radical (unpaired) electrons. The zero-order valence-electron chi connectivity index (χ0n) is 26.7. The van der Waals surface area contributed by atoms with Crippen molar-refractivity contribution < 1.29 is 9.59 Å². The van der Waals surface area contributed by atoms with Crippen molar-refractivity contribution in [2.75, 3.05) is 19.6 Å². The average molecular weight is 597 g/mol. The van der Waals surface area contributed by atoms with Gasteiger partial charge in [0.1, 0.15) is 11.9 Å². The maximum Gasteiger partial charge on any atom is 0.251 e. The van der Waals surface area contributed by atoms with Gasteiger partial charge in [-0.3, -0.25) is 9.59 Å². The molecule has 3 aromatic carbocycles. The molecule has 0 unspecified atom stereocenters. The number of benzene rings is 3. The molecule has 234 valence electrons. The van der Waals surface area contributed by atoms with Crippen molar-refractivity contribution in [2.45, 2.75) is 71.6 Å². The molecular formula is C36H48N6O2. The van der Waals surface area contributed by atoms with Crippen molar-refractivity contribution >= 4 is 22.6 Å². The maximum atomic E-state index is 13.7. The number of carbonyl (C=O) groups is 2. The van der Waals surface area contributed by atoms with Gasteiger partial charge < -0.3 is 25.4 Å². The van der Waals surface area contributed by atoms with Crippen LogP contribution < -0.4 is 16.0 Å². The number of rotatable bonds is 17. The summed E-state index contributed by atoms with van der Waals surface area (Å²) in [5, 5.41) is 11.9. The molecule has 0 aliphatic carbocycles. The van der Waals surface area contributed by atoms with Gasteiger partial charge in [0.05, 0.1) is 12.6 Å². The highest BCUT2D eigenvalue weighted by atomic mass is 16.2. The molecule has 4 rings (SSSR count). The van der Waals surface area contributed by atoms with E-state index in [1.165, 1.54) is 0 Å². The molecule has 4 aromatic rings. The van der Waals surface area contributed by atoms with E-state index in [0.717, 1.165) is 66.6 Å². The molecule has 2 atom stereocenters. The van der Waals surface area contributed by atoms with Crippen LogP contribution in [-0.2, 0) is 24.9 Å². The normalized spacial score (nSPS) is 12.8. The molecule has 0 aliphatic rings. The Morgan fingerprint density at radius 2 is 1.61 bits per heavy atom. The van der Waals surface area contributed by atoms with E-state index in [1.54, 1.807) is 6.20 Å². The fourth-order valence-electron chi connectivity index (χ4n) is 5.68. The Bertz CT molecular complexity index is 1470. The number of aryl methyl sites for hydroxylation is 1. The van der Waals surface area contributed by atoms with E-state index in [4.69, 9.17) is 0 Å². The molecule has 1 heterocycles. The zero-order valence-corrected chi connectivity index (χ0v) is 26.7. The standard InChI is InChI=1S/C36H48N6O2/c1-5-21-42(22-6-2)23-10-15-33(36(44)39-27(3)31-14-9-12-29-11-7-8-13-32(29)31)40-35(43)30-18-16-28(17-19-30)25-37-26-34-38-20-24-41(34)4/h7-9,11-14,16-20,24,27,33,37H,5-6,10,15,21-23,25-26H2,1-4H3,(H,39,44)(H,40,43)/t27-,33-/m0/s1. The lowest BCUT2D eigenvalue weighted by Gasteiger charge is -2.25. The largest absolute Gasteiger partial charge is 0.348 e. The first-order chi connectivity index (χ1) is 21.4. The second-order valence-corrected chi connectivity index (χ2v) is 11.6. The van der Waals surface area contributed by atoms with Crippen LogP contribution in [0.5, 0.6) is 0 Å². The summed E-state index contributed by atoms with van der Waals surface area (Å²) in [5.41, 5.74) is 2.67. The molecule has 0 saturated heterocycles. The third-order valence-corrected chi connectivity index (χ3v) is 8.07. The van der Waals surface area contributed by atoms with E-state index in [-0.39, 0.29) is 17.9 Å². The first-order valence-electron chi connectivity index (χ1n) is 16.0. The van der Waals surface area contributed by atoms with Gasteiger partial charge in [-0.25, -0.2) is 4.98 Å².